The molecule has 1 radical (unpaired) electrons. The molecule has 0 amide bonds. The van der Waals surface area contributed by atoms with Gasteiger partial charge in [-0.05, 0) is 6.92 Å². The molecule has 4 N–H and O–H groups in total. The fraction of sp³-hybridized carbons (Fsp3) is 0.833. The summed E-state index contributed by atoms with van der Waals surface area (Å²) < 4.78 is 0. The summed E-state index contributed by atoms with van der Waals surface area (Å²) in [5.74, 6) is -1.90. The number of aliphatic hydroxyl groups is 4. The fourth-order valence-corrected chi connectivity index (χ4v) is 0.612. The molecule has 0 aliphatic carbocycles. The lowest BCUT2D eigenvalue weighted by molar-refractivity contribution is -0.168. The SMILES string of the molecule is C[C@@H](O)[C@H](O)[C@H](O)[C@@H](O)C([O])=O. The minimum absolute atomic E-state index is 1.15. The van der Waals surface area contributed by atoms with E-state index in [2.05, 4.69) is 0 Å². The van der Waals surface area contributed by atoms with Gasteiger partial charge in [-0.2, -0.15) is 0 Å². The molecule has 0 spiro atoms. The van der Waals surface area contributed by atoms with Crippen LogP contribution >= 0.6 is 0 Å². The number of aliphatic hydroxyl groups excluding tert-OH is 4. The lowest BCUT2D eigenvalue weighted by Crippen LogP contribution is -2.46. The molecule has 0 aromatic heterocycles. The largest absolute Gasteiger partial charge is 0.391 e. The molecule has 4 atom stereocenters. The summed E-state index contributed by atoms with van der Waals surface area (Å²) in [5.41, 5.74) is 0. The first-order valence-electron chi connectivity index (χ1n) is 3.31. The van der Waals surface area contributed by atoms with Crippen LogP contribution in [-0.2, 0) is 9.90 Å². The van der Waals surface area contributed by atoms with E-state index in [0.29, 0.717) is 0 Å². The van der Waals surface area contributed by atoms with Gasteiger partial charge < -0.3 is 20.4 Å². The van der Waals surface area contributed by atoms with Gasteiger partial charge in [0.1, 0.15) is 12.2 Å². The van der Waals surface area contributed by atoms with E-state index in [-0.39, 0.29) is 0 Å². The van der Waals surface area contributed by atoms with E-state index in [9.17, 15) is 9.90 Å². The van der Waals surface area contributed by atoms with Crippen LogP contribution in [0.25, 0.3) is 0 Å². The zero-order chi connectivity index (χ0) is 9.89. The Balaban J connectivity index is 4.18. The Morgan fingerprint density at radius 1 is 1.08 bits per heavy atom. The minimum atomic E-state index is -2.20. The summed E-state index contributed by atoms with van der Waals surface area (Å²) in [6.07, 6.45) is -7.18. The first kappa shape index (κ1) is 11.3. The van der Waals surface area contributed by atoms with Crippen molar-refractivity contribution in [2.45, 2.75) is 31.3 Å². The van der Waals surface area contributed by atoms with Gasteiger partial charge in [-0.3, -0.25) is 0 Å². The van der Waals surface area contributed by atoms with Crippen molar-refractivity contribution in [1.29, 1.82) is 0 Å². The number of hydrogen-bond donors (Lipinski definition) is 4. The van der Waals surface area contributed by atoms with Crippen LogP contribution in [0.3, 0.4) is 0 Å². The third-order valence-electron chi connectivity index (χ3n) is 1.41. The van der Waals surface area contributed by atoms with Crippen LogP contribution in [0.15, 0.2) is 0 Å². The Morgan fingerprint density at radius 3 is 1.75 bits per heavy atom. The Bertz CT molecular complexity index is 156. The average molecular weight is 179 g/mol. The summed E-state index contributed by atoms with van der Waals surface area (Å²) in [7, 11) is 0. The molecule has 0 aliphatic heterocycles. The highest BCUT2D eigenvalue weighted by Crippen LogP contribution is 2.04. The third kappa shape index (κ3) is 2.74. The van der Waals surface area contributed by atoms with E-state index in [1.165, 1.54) is 0 Å². The van der Waals surface area contributed by atoms with Crippen LogP contribution < -0.4 is 0 Å². The highest BCUT2D eigenvalue weighted by molar-refractivity contribution is 5.72. The van der Waals surface area contributed by atoms with Crippen molar-refractivity contribution < 1.29 is 30.3 Å². The van der Waals surface area contributed by atoms with Gasteiger partial charge in [0.2, 0.25) is 0 Å². The van der Waals surface area contributed by atoms with Gasteiger partial charge in [0.25, 0.3) is 0 Å². The quantitative estimate of drug-likeness (QED) is 0.377. The third-order valence-corrected chi connectivity index (χ3v) is 1.41. The average Bonchev–Trinajstić information content (AvgIpc) is 2.00. The van der Waals surface area contributed by atoms with Gasteiger partial charge in [0.05, 0.1) is 6.10 Å². The second-order valence-corrected chi connectivity index (χ2v) is 2.49. The topological polar surface area (TPSA) is 118 Å². The van der Waals surface area contributed by atoms with Crippen molar-refractivity contribution in [3.63, 3.8) is 0 Å². The first-order valence-corrected chi connectivity index (χ1v) is 3.31. The van der Waals surface area contributed by atoms with Gasteiger partial charge in [0, 0.05) is 0 Å². The number of carbonyl (C=O) groups excluding carboxylic acids is 1. The van der Waals surface area contributed by atoms with Gasteiger partial charge in [-0.15, -0.1) is 0 Å². The van der Waals surface area contributed by atoms with Crippen LogP contribution in [0, 0.1) is 0 Å². The number of carbonyl (C=O) groups is 1. The normalized spacial score (nSPS) is 21.1. The van der Waals surface area contributed by atoms with Crippen LogP contribution in [0.2, 0.25) is 0 Å². The molecule has 0 aliphatic rings. The standard InChI is InChI=1S/C6H11O6/c1-2(7)3(8)4(9)5(10)6(11)12/h2-5,7-10H,1H3/t2-,3+,4+,5-/m1/s1. The van der Waals surface area contributed by atoms with Crippen molar-refractivity contribution in [2.75, 3.05) is 0 Å². The van der Waals surface area contributed by atoms with Gasteiger partial charge in [-0.1, -0.05) is 0 Å². The molecule has 71 valence electrons. The number of rotatable bonds is 4. The molecular weight excluding hydrogens is 168 g/mol. The smallest absolute Gasteiger partial charge is 0.386 e. The molecule has 0 saturated carbocycles. The van der Waals surface area contributed by atoms with E-state index in [1.807, 2.05) is 0 Å². The molecule has 0 heterocycles. The van der Waals surface area contributed by atoms with Crippen LogP contribution in [-0.4, -0.2) is 50.8 Å². The Morgan fingerprint density at radius 2 is 1.50 bits per heavy atom. The molecular formula is C6H11O6. The molecule has 0 bridgehead atoms. The van der Waals surface area contributed by atoms with Gasteiger partial charge in [-0.25, -0.2) is 9.90 Å². The van der Waals surface area contributed by atoms with Crippen molar-refractivity contribution in [3.8, 4) is 0 Å². The monoisotopic (exact) mass is 179 g/mol. The second-order valence-electron chi connectivity index (χ2n) is 2.49. The maximum absolute atomic E-state index is 9.95. The number of hydrogen-bond acceptors (Lipinski definition) is 5. The molecule has 12 heavy (non-hydrogen) atoms. The Hall–Kier alpha value is -0.690. The zero-order valence-electron chi connectivity index (χ0n) is 6.41. The van der Waals surface area contributed by atoms with Gasteiger partial charge >= 0.3 is 5.97 Å². The molecule has 6 heteroatoms. The predicted octanol–water partition coefficient (Wildman–Crippen LogP) is -2.59. The molecule has 0 aromatic rings. The molecule has 0 saturated heterocycles. The molecule has 0 fully saturated rings. The Labute approximate surface area is 68.7 Å². The van der Waals surface area contributed by atoms with Crippen molar-refractivity contribution in [3.05, 3.63) is 0 Å². The van der Waals surface area contributed by atoms with E-state index >= 15 is 0 Å². The summed E-state index contributed by atoms with van der Waals surface area (Å²) in [5, 5.41) is 45.0. The molecule has 0 unspecified atom stereocenters. The van der Waals surface area contributed by atoms with Crippen molar-refractivity contribution in [1.82, 2.24) is 0 Å². The van der Waals surface area contributed by atoms with E-state index < -0.39 is 30.4 Å². The summed E-state index contributed by atoms with van der Waals surface area (Å²) >= 11 is 0. The molecule has 0 rings (SSSR count). The second kappa shape index (κ2) is 4.36. The molecule has 0 aromatic carbocycles. The van der Waals surface area contributed by atoms with Crippen LogP contribution in [0.1, 0.15) is 6.92 Å². The Kier molecular flexibility index (Phi) is 4.11. The zero-order valence-corrected chi connectivity index (χ0v) is 6.41. The summed E-state index contributed by atoms with van der Waals surface area (Å²) in [4.78, 5) is 9.95. The van der Waals surface area contributed by atoms with Gasteiger partial charge in [0.15, 0.2) is 6.10 Å². The van der Waals surface area contributed by atoms with E-state index in [1.54, 1.807) is 0 Å². The summed E-state index contributed by atoms with van der Waals surface area (Å²) in [6, 6.07) is 0. The van der Waals surface area contributed by atoms with Crippen LogP contribution in [0.4, 0.5) is 0 Å². The fourth-order valence-electron chi connectivity index (χ4n) is 0.612. The lowest BCUT2D eigenvalue weighted by Gasteiger charge is -2.21. The molecule has 6 nitrogen and oxygen atoms in total. The highest BCUT2D eigenvalue weighted by atomic mass is 16.4. The minimum Gasteiger partial charge on any atom is -0.391 e. The predicted molar refractivity (Wildman–Crippen MR) is 35.4 cm³/mol. The maximum Gasteiger partial charge on any atom is 0.386 e. The lowest BCUT2D eigenvalue weighted by atomic mass is 10.0. The van der Waals surface area contributed by atoms with E-state index in [0.717, 1.165) is 6.92 Å². The van der Waals surface area contributed by atoms with E-state index in [4.69, 9.17) is 20.4 Å². The summed E-state index contributed by atoms with van der Waals surface area (Å²) in [6.45, 7) is 1.15. The highest BCUT2D eigenvalue weighted by Gasteiger charge is 2.33. The van der Waals surface area contributed by atoms with Crippen molar-refractivity contribution in [2.24, 2.45) is 0 Å². The van der Waals surface area contributed by atoms with Crippen LogP contribution in [0.5, 0.6) is 0 Å². The first-order chi connectivity index (χ1) is 5.37. The van der Waals surface area contributed by atoms with Crippen molar-refractivity contribution >= 4 is 5.97 Å². The maximum atomic E-state index is 9.95.